The quantitative estimate of drug-likeness (QED) is 0.788. The highest BCUT2D eigenvalue weighted by Crippen LogP contribution is 2.21. The Morgan fingerprint density at radius 2 is 2.00 bits per heavy atom. The molecule has 3 aromatic rings. The molecule has 1 aromatic heterocycles. The van der Waals surface area contributed by atoms with Gasteiger partial charge >= 0.3 is 0 Å². The highest BCUT2D eigenvalue weighted by atomic mass is 19.1. The number of carbonyl (C=O) groups is 1. The number of aromatic nitrogens is 2. The number of amides is 1. The van der Waals surface area contributed by atoms with Crippen LogP contribution in [0.25, 0.3) is 11.0 Å². The first kappa shape index (κ1) is 16.2. The second-order valence-electron chi connectivity index (χ2n) is 6.11. The number of nitrogens with one attached hydrogen (secondary N) is 1. The molecule has 1 heterocycles. The number of fused-ring (bicyclic) bond motifs is 1. The highest BCUT2D eigenvalue weighted by molar-refractivity contribution is 5.94. The largest absolute Gasteiger partial charge is 0.348 e. The molecule has 0 fully saturated rings. The van der Waals surface area contributed by atoms with Crippen LogP contribution in [0.1, 0.15) is 41.6 Å². The Kier molecular flexibility index (Phi) is 4.34. The first-order valence-corrected chi connectivity index (χ1v) is 7.97. The summed E-state index contributed by atoms with van der Waals surface area (Å²) in [6.07, 6.45) is 0. The number of rotatable bonds is 4. The van der Waals surface area contributed by atoms with E-state index in [1.807, 2.05) is 25.1 Å². The number of benzene rings is 2. The van der Waals surface area contributed by atoms with Crippen molar-refractivity contribution in [3.8, 4) is 0 Å². The molecule has 1 amide bonds. The Labute approximate surface area is 140 Å². The van der Waals surface area contributed by atoms with E-state index in [-0.39, 0.29) is 5.56 Å². The second kappa shape index (κ2) is 6.43. The lowest BCUT2D eigenvalue weighted by Gasteiger charge is -2.11. The first-order valence-electron chi connectivity index (χ1n) is 7.97. The lowest BCUT2D eigenvalue weighted by molar-refractivity contribution is 0.0947. The molecule has 0 radical (unpaired) electrons. The van der Waals surface area contributed by atoms with Crippen molar-refractivity contribution < 1.29 is 9.18 Å². The monoisotopic (exact) mass is 325 g/mol. The average molecular weight is 325 g/mol. The molecule has 0 aliphatic rings. The molecule has 0 saturated carbocycles. The normalized spacial score (nSPS) is 11.2. The molecule has 0 atom stereocenters. The number of carbonyl (C=O) groups excluding carboxylic acids is 1. The summed E-state index contributed by atoms with van der Waals surface area (Å²) in [6.45, 7) is 6.56. The molecule has 4 nitrogen and oxygen atoms in total. The maximum absolute atomic E-state index is 13.6. The van der Waals surface area contributed by atoms with Crippen molar-refractivity contribution in [2.45, 2.75) is 33.4 Å². The molecule has 0 unspecified atom stereocenters. The lowest BCUT2D eigenvalue weighted by atomic mass is 10.1. The van der Waals surface area contributed by atoms with Crippen molar-refractivity contribution >= 4 is 16.9 Å². The van der Waals surface area contributed by atoms with Gasteiger partial charge in [-0.2, -0.15) is 0 Å². The van der Waals surface area contributed by atoms with Crippen molar-refractivity contribution in [2.24, 2.45) is 0 Å². The van der Waals surface area contributed by atoms with E-state index in [1.54, 1.807) is 12.1 Å². The Morgan fingerprint density at radius 1 is 1.25 bits per heavy atom. The molecule has 1 N–H and O–H groups in total. The summed E-state index contributed by atoms with van der Waals surface area (Å²) in [4.78, 5) is 16.7. The maximum Gasteiger partial charge on any atom is 0.254 e. The van der Waals surface area contributed by atoms with Crippen LogP contribution in [0.3, 0.4) is 0 Å². The third kappa shape index (κ3) is 3.02. The van der Waals surface area contributed by atoms with Gasteiger partial charge in [0.1, 0.15) is 11.6 Å². The van der Waals surface area contributed by atoms with Crippen LogP contribution in [-0.4, -0.2) is 15.5 Å². The van der Waals surface area contributed by atoms with Crippen molar-refractivity contribution in [1.82, 2.24) is 14.9 Å². The minimum Gasteiger partial charge on any atom is -0.348 e. The van der Waals surface area contributed by atoms with Gasteiger partial charge in [-0.3, -0.25) is 4.79 Å². The highest BCUT2D eigenvalue weighted by Gasteiger charge is 2.12. The van der Waals surface area contributed by atoms with Gasteiger partial charge in [0.05, 0.1) is 16.6 Å². The number of nitrogens with zero attached hydrogens (tertiary/aromatic N) is 2. The fraction of sp³-hybridized carbons (Fsp3) is 0.263. The maximum atomic E-state index is 13.6. The fourth-order valence-electron chi connectivity index (χ4n) is 2.95. The van der Waals surface area contributed by atoms with Gasteiger partial charge in [-0.25, -0.2) is 9.37 Å². The number of hydrogen-bond donors (Lipinski definition) is 1. The van der Waals surface area contributed by atoms with Gasteiger partial charge in [-0.15, -0.1) is 0 Å². The molecular formula is C19H20FN3O. The van der Waals surface area contributed by atoms with E-state index in [2.05, 4.69) is 28.7 Å². The Bertz CT molecular complexity index is 899. The smallest absolute Gasteiger partial charge is 0.254 e. The zero-order chi connectivity index (χ0) is 17.3. The van der Waals surface area contributed by atoms with Crippen LogP contribution in [0.15, 0.2) is 42.5 Å². The summed E-state index contributed by atoms with van der Waals surface area (Å²) in [7, 11) is 0. The van der Waals surface area contributed by atoms with Crippen molar-refractivity contribution in [1.29, 1.82) is 0 Å². The van der Waals surface area contributed by atoms with Gasteiger partial charge in [-0.1, -0.05) is 18.2 Å². The molecule has 0 saturated heterocycles. The Morgan fingerprint density at radius 3 is 2.71 bits per heavy atom. The molecule has 24 heavy (non-hydrogen) atoms. The summed E-state index contributed by atoms with van der Waals surface area (Å²) in [5.74, 6) is 0.0291. The third-order valence-electron chi connectivity index (χ3n) is 4.02. The van der Waals surface area contributed by atoms with Gasteiger partial charge in [0.25, 0.3) is 5.91 Å². The SMILES string of the molecule is Cc1nc2cc(CNC(=O)c3ccccc3F)ccc2n1C(C)C. The summed E-state index contributed by atoms with van der Waals surface area (Å²) in [6, 6.07) is 12.2. The van der Waals surface area contributed by atoms with Crippen molar-refractivity contribution in [2.75, 3.05) is 0 Å². The number of imidazole rings is 1. The van der Waals surface area contributed by atoms with E-state index in [1.165, 1.54) is 12.1 Å². The van der Waals surface area contributed by atoms with Crippen LogP contribution < -0.4 is 5.32 Å². The van der Waals surface area contributed by atoms with Crippen molar-refractivity contribution in [3.05, 3.63) is 65.2 Å². The van der Waals surface area contributed by atoms with Crippen molar-refractivity contribution in [3.63, 3.8) is 0 Å². The molecule has 2 aromatic carbocycles. The average Bonchev–Trinajstić information content (AvgIpc) is 2.88. The van der Waals surface area contributed by atoms with E-state index in [9.17, 15) is 9.18 Å². The minimum absolute atomic E-state index is 0.0542. The molecule has 5 heteroatoms. The van der Waals surface area contributed by atoms with Crippen LogP contribution in [0.4, 0.5) is 4.39 Å². The third-order valence-corrected chi connectivity index (χ3v) is 4.02. The van der Waals surface area contributed by atoms with Crippen LogP contribution >= 0.6 is 0 Å². The van der Waals surface area contributed by atoms with E-state index in [0.29, 0.717) is 12.6 Å². The topological polar surface area (TPSA) is 46.9 Å². The molecule has 0 aliphatic heterocycles. The molecule has 0 bridgehead atoms. The predicted molar refractivity (Wildman–Crippen MR) is 92.4 cm³/mol. The molecule has 124 valence electrons. The molecule has 0 aliphatic carbocycles. The van der Waals surface area contributed by atoms with Gasteiger partial charge in [0.2, 0.25) is 0 Å². The van der Waals surface area contributed by atoms with Gasteiger partial charge in [0, 0.05) is 12.6 Å². The first-order chi connectivity index (χ1) is 11.5. The standard InChI is InChI=1S/C19H20FN3O/c1-12(2)23-13(3)22-17-10-14(8-9-18(17)23)11-21-19(24)15-6-4-5-7-16(15)20/h4-10,12H,11H2,1-3H3,(H,21,24). The fourth-order valence-corrected chi connectivity index (χ4v) is 2.95. The zero-order valence-electron chi connectivity index (χ0n) is 14.0. The van der Waals surface area contributed by atoms with Gasteiger partial charge in [0.15, 0.2) is 0 Å². The van der Waals surface area contributed by atoms with E-state index >= 15 is 0 Å². The van der Waals surface area contributed by atoms with Gasteiger partial charge < -0.3 is 9.88 Å². The van der Waals surface area contributed by atoms with E-state index in [0.717, 1.165) is 22.4 Å². The molecule has 0 spiro atoms. The van der Waals surface area contributed by atoms with Crippen LogP contribution in [-0.2, 0) is 6.54 Å². The van der Waals surface area contributed by atoms with E-state index < -0.39 is 11.7 Å². The summed E-state index contributed by atoms with van der Waals surface area (Å²) in [5, 5.41) is 2.75. The van der Waals surface area contributed by atoms with Crippen LogP contribution in [0.2, 0.25) is 0 Å². The van der Waals surface area contributed by atoms with Crippen LogP contribution in [0, 0.1) is 12.7 Å². The second-order valence-corrected chi connectivity index (χ2v) is 6.11. The summed E-state index contributed by atoms with van der Waals surface area (Å²) in [5.41, 5.74) is 2.96. The Balaban J connectivity index is 1.79. The molecule has 3 rings (SSSR count). The minimum atomic E-state index is -0.517. The lowest BCUT2D eigenvalue weighted by Crippen LogP contribution is -2.23. The Hall–Kier alpha value is -2.69. The number of hydrogen-bond acceptors (Lipinski definition) is 2. The molecular weight excluding hydrogens is 305 g/mol. The zero-order valence-corrected chi connectivity index (χ0v) is 14.0. The summed E-state index contributed by atoms with van der Waals surface area (Å²) < 4.78 is 15.8. The van der Waals surface area contributed by atoms with Crippen LogP contribution in [0.5, 0.6) is 0 Å². The summed E-state index contributed by atoms with van der Waals surface area (Å²) >= 11 is 0. The number of halogens is 1. The van der Waals surface area contributed by atoms with E-state index in [4.69, 9.17) is 0 Å². The van der Waals surface area contributed by atoms with Gasteiger partial charge in [-0.05, 0) is 50.6 Å². The predicted octanol–water partition coefficient (Wildman–Crippen LogP) is 3.99. The number of aryl methyl sites for hydroxylation is 1.